The van der Waals surface area contributed by atoms with Crippen LogP contribution in [0.4, 0.5) is 0 Å². The van der Waals surface area contributed by atoms with E-state index in [9.17, 15) is 19.2 Å². The number of unbranched alkanes of at least 4 members (excludes halogenated alkanes) is 15. The van der Waals surface area contributed by atoms with Gasteiger partial charge in [-0.05, 0) is 57.8 Å². The minimum atomic E-state index is -0.458. The van der Waals surface area contributed by atoms with Crippen molar-refractivity contribution in [1.29, 1.82) is 0 Å². The Hall–Kier alpha value is -2.12. The van der Waals surface area contributed by atoms with E-state index in [0.29, 0.717) is 19.6 Å². The van der Waals surface area contributed by atoms with Gasteiger partial charge >= 0.3 is 17.9 Å². The molecule has 8 heteroatoms. The van der Waals surface area contributed by atoms with Crippen LogP contribution in [-0.4, -0.2) is 50.2 Å². The molecular formula is C40H75NO7. The van der Waals surface area contributed by atoms with Gasteiger partial charge in [0.2, 0.25) is 5.91 Å². The lowest BCUT2D eigenvalue weighted by atomic mass is 9.94. The molecule has 0 fully saturated rings. The van der Waals surface area contributed by atoms with Crippen LogP contribution < -0.4 is 5.32 Å². The maximum absolute atomic E-state index is 12.8. The Morgan fingerprint density at radius 2 is 0.812 bits per heavy atom. The molecule has 0 rings (SSSR count). The zero-order valence-corrected chi connectivity index (χ0v) is 31.7. The first kappa shape index (κ1) is 45.9. The number of nitrogens with one attached hydrogen (secondary N) is 1. The lowest BCUT2D eigenvalue weighted by molar-refractivity contribution is -0.150. The molecule has 0 aliphatic rings. The number of rotatable bonds is 35. The quantitative estimate of drug-likeness (QED) is 0.0403. The van der Waals surface area contributed by atoms with Gasteiger partial charge in [-0.1, -0.05) is 130 Å². The molecule has 2 atom stereocenters. The van der Waals surface area contributed by atoms with Crippen LogP contribution in [0, 0.1) is 11.8 Å². The lowest BCUT2D eigenvalue weighted by Gasteiger charge is -2.16. The van der Waals surface area contributed by atoms with E-state index in [1.807, 2.05) is 0 Å². The van der Waals surface area contributed by atoms with Crippen molar-refractivity contribution in [3.63, 3.8) is 0 Å². The third kappa shape index (κ3) is 28.9. The SMILES string of the molecule is CCCCCCCCC(CCCCCC)C(=O)OCCCCCCOC(=O)CNC(=O)CCCOC(=O)C(CCCC)CCCCCC. The molecule has 0 aromatic heterocycles. The van der Waals surface area contributed by atoms with Crippen molar-refractivity contribution >= 4 is 23.8 Å². The molecule has 0 spiro atoms. The topological polar surface area (TPSA) is 108 Å². The highest BCUT2D eigenvalue weighted by Gasteiger charge is 2.20. The predicted molar refractivity (Wildman–Crippen MR) is 196 cm³/mol. The van der Waals surface area contributed by atoms with Crippen LogP contribution in [0.2, 0.25) is 0 Å². The molecule has 282 valence electrons. The van der Waals surface area contributed by atoms with Crippen molar-refractivity contribution in [2.24, 2.45) is 11.8 Å². The number of carbonyl (C=O) groups excluding carboxylic acids is 4. The van der Waals surface area contributed by atoms with Gasteiger partial charge in [-0.2, -0.15) is 0 Å². The molecule has 0 saturated heterocycles. The van der Waals surface area contributed by atoms with Gasteiger partial charge in [0.25, 0.3) is 0 Å². The van der Waals surface area contributed by atoms with Gasteiger partial charge in [0.15, 0.2) is 0 Å². The molecule has 0 aliphatic heterocycles. The van der Waals surface area contributed by atoms with E-state index in [1.54, 1.807) is 0 Å². The average Bonchev–Trinajstić information content (AvgIpc) is 3.08. The molecule has 0 radical (unpaired) electrons. The van der Waals surface area contributed by atoms with Gasteiger partial charge in [0.1, 0.15) is 6.54 Å². The molecule has 0 aromatic carbocycles. The Morgan fingerprint density at radius 3 is 1.31 bits per heavy atom. The van der Waals surface area contributed by atoms with Crippen LogP contribution in [0.5, 0.6) is 0 Å². The predicted octanol–water partition coefficient (Wildman–Crippen LogP) is 10.2. The third-order valence-electron chi connectivity index (χ3n) is 9.06. The van der Waals surface area contributed by atoms with E-state index in [-0.39, 0.29) is 49.3 Å². The Kier molecular flexibility index (Phi) is 33.2. The highest BCUT2D eigenvalue weighted by molar-refractivity contribution is 5.81. The van der Waals surface area contributed by atoms with E-state index in [2.05, 4.69) is 33.0 Å². The summed E-state index contributed by atoms with van der Waals surface area (Å²) in [5, 5.41) is 2.59. The van der Waals surface area contributed by atoms with Gasteiger partial charge in [-0.25, -0.2) is 0 Å². The smallest absolute Gasteiger partial charge is 0.325 e. The second-order valence-electron chi connectivity index (χ2n) is 13.6. The standard InChI is InChI=1S/C40H75NO7/c1-5-9-13-16-17-22-29-36(28-21-15-11-7-3)40(45)47-32-24-19-18-23-31-46-38(43)34-41-37(42)30-25-33-48-39(44)35(26-12-8-4)27-20-14-10-6-2/h35-36H,5-34H2,1-4H3,(H,41,42). The van der Waals surface area contributed by atoms with Crippen LogP contribution in [0.1, 0.15) is 195 Å². The van der Waals surface area contributed by atoms with Gasteiger partial charge < -0.3 is 19.5 Å². The van der Waals surface area contributed by atoms with Gasteiger partial charge in [-0.15, -0.1) is 0 Å². The van der Waals surface area contributed by atoms with Crippen molar-refractivity contribution < 1.29 is 33.4 Å². The van der Waals surface area contributed by atoms with Crippen LogP contribution in [-0.2, 0) is 33.4 Å². The van der Waals surface area contributed by atoms with Crippen LogP contribution in [0.3, 0.4) is 0 Å². The number of esters is 3. The highest BCUT2D eigenvalue weighted by Crippen LogP contribution is 2.21. The first-order valence-electron chi connectivity index (χ1n) is 20.1. The van der Waals surface area contributed by atoms with Crippen molar-refractivity contribution in [3.8, 4) is 0 Å². The summed E-state index contributed by atoms with van der Waals surface area (Å²) in [6.45, 7) is 9.54. The monoisotopic (exact) mass is 682 g/mol. The summed E-state index contributed by atoms with van der Waals surface area (Å²) < 4.78 is 16.4. The maximum Gasteiger partial charge on any atom is 0.325 e. The van der Waals surface area contributed by atoms with Crippen LogP contribution in [0.15, 0.2) is 0 Å². The van der Waals surface area contributed by atoms with Crippen LogP contribution >= 0.6 is 0 Å². The number of hydrogen-bond donors (Lipinski definition) is 1. The minimum Gasteiger partial charge on any atom is -0.465 e. The van der Waals surface area contributed by atoms with Crippen molar-refractivity contribution in [3.05, 3.63) is 0 Å². The Balaban J connectivity index is 4.00. The first-order valence-corrected chi connectivity index (χ1v) is 20.1. The average molecular weight is 682 g/mol. The number of hydrogen-bond acceptors (Lipinski definition) is 7. The fourth-order valence-electron chi connectivity index (χ4n) is 5.88. The maximum atomic E-state index is 12.8. The van der Waals surface area contributed by atoms with E-state index < -0.39 is 5.97 Å². The number of ether oxygens (including phenoxy) is 3. The van der Waals surface area contributed by atoms with E-state index >= 15 is 0 Å². The molecule has 0 aromatic rings. The van der Waals surface area contributed by atoms with Gasteiger partial charge in [0.05, 0.1) is 31.7 Å². The molecule has 48 heavy (non-hydrogen) atoms. The molecule has 0 bridgehead atoms. The molecule has 0 heterocycles. The van der Waals surface area contributed by atoms with Gasteiger partial charge in [-0.3, -0.25) is 19.2 Å². The van der Waals surface area contributed by atoms with Crippen molar-refractivity contribution in [1.82, 2.24) is 5.32 Å². The summed E-state index contributed by atoms with van der Waals surface area (Å²) in [7, 11) is 0. The summed E-state index contributed by atoms with van der Waals surface area (Å²) in [6.07, 6.45) is 26.3. The van der Waals surface area contributed by atoms with Crippen LogP contribution in [0.25, 0.3) is 0 Å². The van der Waals surface area contributed by atoms with E-state index in [1.165, 1.54) is 64.2 Å². The molecule has 2 unspecified atom stereocenters. The second kappa shape index (κ2) is 34.7. The first-order chi connectivity index (χ1) is 23.4. The molecule has 0 aliphatic carbocycles. The normalized spacial score (nSPS) is 12.3. The zero-order valence-electron chi connectivity index (χ0n) is 31.7. The third-order valence-corrected chi connectivity index (χ3v) is 9.06. The summed E-state index contributed by atoms with van der Waals surface area (Å²) in [5.41, 5.74) is 0. The lowest BCUT2D eigenvalue weighted by Crippen LogP contribution is -2.30. The molecule has 1 amide bonds. The summed E-state index contributed by atoms with van der Waals surface area (Å²) >= 11 is 0. The largest absolute Gasteiger partial charge is 0.465 e. The van der Waals surface area contributed by atoms with Gasteiger partial charge in [0, 0.05) is 6.42 Å². The number of amides is 1. The number of carbonyl (C=O) groups is 4. The fourth-order valence-corrected chi connectivity index (χ4v) is 5.88. The van der Waals surface area contributed by atoms with E-state index in [4.69, 9.17) is 14.2 Å². The molecule has 8 nitrogen and oxygen atoms in total. The highest BCUT2D eigenvalue weighted by atomic mass is 16.5. The summed E-state index contributed by atoms with van der Waals surface area (Å²) in [4.78, 5) is 49.4. The summed E-state index contributed by atoms with van der Waals surface area (Å²) in [6, 6.07) is 0. The molecule has 0 saturated carbocycles. The summed E-state index contributed by atoms with van der Waals surface area (Å²) in [5.74, 6) is -0.906. The molecular weight excluding hydrogens is 606 g/mol. The Morgan fingerprint density at radius 1 is 0.438 bits per heavy atom. The van der Waals surface area contributed by atoms with Crippen molar-refractivity contribution in [2.45, 2.75) is 195 Å². The van der Waals surface area contributed by atoms with E-state index in [0.717, 1.165) is 89.9 Å². The molecule has 1 N–H and O–H groups in total. The second-order valence-corrected chi connectivity index (χ2v) is 13.6. The Bertz CT molecular complexity index is 788. The van der Waals surface area contributed by atoms with Crippen molar-refractivity contribution in [2.75, 3.05) is 26.4 Å². The zero-order chi connectivity index (χ0) is 35.5. The minimum absolute atomic E-state index is 0.0266. The fraction of sp³-hybridized carbons (Fsp3) is 0.900. The Labute approximate surface area is 295 Å².